The first-order chi connectivity index (χ1) is 19.5. The highest BCUT2D eigenvalue weighted by molar-refractivity contribution is 6.31. The van der Waals surface area contributed by atoms with E-state index in [0.29, 0.717) is 35.4 Å². The second-order valence-corrected chi connectivity index (χ2v) is 10.00. The summed E-state index contributed by atoms with van der Waals surface area (Å²) < 4.78 is 12.1. The fourth-order valence-electron chi connectivity index (χ4n) is 5.25. The van der Waals surface area contributed by atoms with Gasteiger partial charge in [0.2, 0.25) is 5.91 Å². The molecule has 4 aromatic rings. The molecule has 0 unspecified atom stereocenters. The molecule has 8 heteroatoms. The average Bonchev–Trinajstić information content (AvgIpc) is 3.49. The van der Waals surface area contributed by atoms with E-state index in [1.807, 2.05) is 85.8 Å². The summed E-state index contributed by atoms with van der Waals surface area (Å²) in [7, 11) is 0. The highest BCUT2D eigenvalue weighted by Gasteiger charge is 2.60. The highest BCUT2D eigenvalue weighted by Crippen LogP contribution is 2.49. The molecule has 2 aliphatic rings. The minimum absolute atomic E-state index is 0.344. The molecule has 2 saturated heterocycles. The maximum atomic E-state index is 13.9. The molecule has 2 amide bonds. The highest BCUT2D eigenvalue weighted by atomic mass is 35.5. The van der Waals surface area contributed by atoms with Crippen LogP contribution in [0.3, 0.4) is 0 Å². The van der Waals surface area contributed by atoms with Gasteiger partial charge in [0.1, 0.15) is 12.5 Å². The largest absolute Gasteiger partial charge is 0.490 e. The number of hydroxylamine groups is 1. The van der Waals surface area contributed by atoms with Gasteiger partial charge in [-0.05, 0) is 60.5 Å². The number of imide groups is 1. The Bertz CT molecular complexity index is 1530. The molecule has 0 N–H and O–H groups in total. The molecule has 202 valence electrons. The van der Waals surface area contributed by atoms with Crippen LogP contribution in [0.5, 0.6) is 11.5 Å². The van der Waals surface area contributed by atoms with Gasteiger partial charge < -0.3 is 9.47 Å². The zero-order valence-corrected chi connectivity index (χ0v) is 22.5. The number of amides is 2. The number of hydrogen-bond donors (Lipinski definition) is 0. The number of benzene rings is 4. The van der Waals surface area contributed by atoms with Gasteiger partial charge in [-0.25, -0.2) is 9.96 Å². The molecule has 0 bridgehead atoms. The van der Waals surface area contributed by atoms with Crippen LogP contribution >= 0.6 is 11.6 Å². The minimum atomic E-state index is -0.985. The molecule has 40 heavy (non-hydrogen) atoms. The molecule has 2 aliphatic heterocycles. The maximum absolute atomic E-state index is 13.9. The van der Waals surface area contributed by atoms with Crippen molar-refractivity contribution in [1.29, 1.82) is 0 Å². The van der Waals surface area contributed by atoms with Gasteiger partial charge >= 0.3 is 0 Å². The van der Waals surface area contributed by atoms with Crippen LogP contribution in [0, 0.1) is 5.92 Å². The van der Waals surface area contributed by atoms with E-state index >= 15 is 0 Å². The number of rotatable bonds is 8. The summed E-state index contributed by atoms with van der Waals surface area (Å²) in [6, 6.07) is 31.1. The van der Waals surface area contributed by atoms with Crippen molar-refractivity contribution < 1.29 is 23.9 Å². The molecule has 4 aromatic carbocycles. The van der Waals surface area contributed by atoms with E-state index in [2.05, 4.69) is 0 Å². The third kappa shape index (κ3) is 4.78. The van der Waals surface area contributed by atoms with Crippen LogP contribution in [0.15, 0.2) is 103 Å². The van der Waals surface area contributed by atoms with E-state index in [4.69, 9.17) is 25.9 Å². The number of carbonyl (C=O) groups excluding carboxylic acids is 2. The van der Waals surface area contributed by atoms with Crippen molar-refractivity contribution in [2.45, 2.75) is 25.7 Å². The second kappa shape index (κ2) is 11.0. The third-order valence-electron chi connectivity index (χ3n) is 7.04. The van der Waals surface area contributed by atoms with Crippen LogP contribution in [0.25, 0.3) is 0 Å². The number of hydrogen-bond acceptors (Lipinski definition) is 6. The SMILES string of the molecule is CCOc1cc([C@@H]2[C@@H]3C(=O)N(c4cccc(Cl)c4)C(=O)[C@H]3ON2c2ccccc2)ccc1OCc1ccccc1. The molecule has 6 rings (SSSR count). The molecule has 7 nitrogen and oxygen atoms in total. The van der Waals surface area contributed by atoms with Gasteiger partial charge in [-0.2, -0.15) is 0 Å². The summed E-state index contributed by atoms with van der Waals surface area (Å²) >= 11 is 6.18. The molecular weight excluding hydrogens is 528 g/mol. The van der Waals surface area contributed by atoms with E-state index in [9.17, 15) is 9.59 Å². The zero-order chi connectivity index (χ0) is 27.6. The van der Waals surface area contributed by atoms with Crippen LogP contribution in [0.1, 0.15) is 24.1 Å². The Morgan fingerprint density at radius 1 is 0.775 bits per heavy atom. The van der Waals surface area contributed by atoms with Gasteiger partial charge in [0.25, 0.3) is 5.91 Å². The quantitative estimate of drug-likeness (QED) is 0.236. The molecule has 0 saturated carbocycles. The monoisotopic (exact) mass is 554 g/mol. The standard InChI is InChI=1S/C32H27ClN2O5/c1-2-38-27-18-22(16-17-26(27)39-20-21-10-5-3-6-11-21)29-28-30(40-35(29)24-13-7-4-8-14-24)32(37)34(31(28)36)25-15-9-12-23(33)19-25/h3-19,28-30H,2,20H2,1H3/t28-,29+,30-/m0/s1. The Morgan fingerprint density at radius 2 is 1.50 bits per heavy atom. The lowest BCUT2D eigenvalue weighted by Crippen LogP contribution is -2.37. The first kappa shape index (κ1) is 25.9. The summed E-state index contributed by atoms with van der Waals surface area (Å²) in [5.74, 6) is -0.407. The Balaban J connectivity index is 1.38. The van der Waals surface area contributed by atoms with Crippen LogP contribution < -0.4 is 19.4 Å². The molecule has 2 fully saturated rings. The second-order valence-electron chi connectivity index (χ2n) is 9.56. The summed E-state index contributed by atoms with van der Waals surface area (Å²) in [4.78, 5) is 34.9. The molecule has 0 radical (unpaired) electrons. The first-order valence-electron chi connectivity index (χ1n) is 13.1. The number of anilines is 2. The number of para-hydroxylation sites is 1. The van der Waals surface area contributed by atoms with E-state index in [-0.39, 0.29) is 5.91 Å². The molecule has 0 aromatic heterocycles. The first-order valence-corrected chi connectivity index (χ1v) is 13.5. The molecular formula is C32H27ClN2O5. The van der Waals surface area contributed by atoms with Crippen molar-refractivity contribution in [3.8, 4) is 11.5 Å². The minimum Gasteiger partial charge on any atom is -0.490 e. The van der Waals surface area contributed by atoms with Gasteiger partial charge in [0.05, 0.1) is 24.0 Å². The van der Waals surface area contributed by atoms with Gasteiger partial charge in [0, 0.05) is 5.02 Å². The zero-order valence-electron chi connectivity index (χ0n) is 21.8. The number of carbonyl (C=O) groups is 2. The van der Waals surface area contributed by atoms with Crippen molar-refractivity contribution in [3.05, 3.63) is 119 Å². The van der Waals surface area contributed by atoms with E-state index in [0.717, 1.165) is 16.8 Å². The Kier molecular flexibility index (Phi) is 7.15. The van der Waals surface area contributed by atoms with Crippen molar-refractivity contribution >= 4 is 34.8 Å². The van der Waals surface area contributed by atoms with Gasteiger partial charge in [-0.1, -0.05) is 72.3 Å². The Morgan fingerprint density at radius 3 is 2.23 bits per heavy atom. The molecule has 0 aliphatic carbocycles. The van der Waals surface area contributed by atoms with Crippen LogP contribution in [-0.4, -0.2) is 24.5 Å². The number of fused-ring (bicyclic) bond motifs is 1. The lowest BCUT2D eigenvalue weighted by atomic mass is 9.90. The van der Waals surface area contributed by atoms with Crippen LogP contribution in [0.2, 0.25) is 5.02 Å². The fraction of sp³-hybridized carbons (Fsp3) is 0.188. The molecule has 2 heterocycles. The molecule has 3 atom stereocenters. The fourth-order valence-corrected chi connectivity index (χ4v) is 5.44. The van der Waals surface area contributed by atoms with Gasteiger partial charge in [0.15, 0.2) is 17.6 Å². The van der Waals surface area contributed by atoms with Crippen molar-refractivity contribution in [2.24, 2.45) is 5.92 Å². The third-order valence-corrected chi connectivity index (χ3v) is 7.27. The van der Waals surface area contributed by atoms with E-state index < -0.39 is 24.0 Å². The normalized spacial score (nSPS) is 20.1. The Hall–Kier alpha value is -4.33. The predicted octanol–water partition coefficient (Wildman–Crippen LogP) is 6.37. The smallest absolute Gasteiger partial charge is 0.266 e. The summed E-state index contributed by atoms with van der Waals surface area (Å²) in [5.41, 5.74) is 2.96. The lowest BCUT2D eigenvalue weighted by Gasteiger charge is -2.29. The number of halogens is 1. The van der Waals surface area contributed by atoms with Crippen LogP contribution in [0.4, 0.5) is 11.4 Å². The van der Waals surface area contributed by atoms with Crippen molar-refractivity contribution in [3.63, 3.8) is 0 Å². The number of ether oxygens (including phenoxy) is 2. The van der Waals surface area contributed by atoms with Gasteiger partial charge in [-0.3, -0.25) is 14.4 Å². The van der Waals surface area contributed by atoms with Crippen LogP contribution in [-0.2, 0) is 21.0 Å². The summed E-state index contributed by atoms with van der Waals surface area (Å²) in [6.45, 7) is 2.72. The van der Waals surface area contributed by atoms with Crippen molar-refractivity contribution in [1.82, 2.24) is 0 Å². The topological polar surface area (TPSA) is 68.3 Å². The molecule has 0 spiro atoms. The summed E-state index contributed by atoms with van der Waals surface area (Å²) in [6.07, 6.45) is -0.985. The van der Waals surface area contributed by atoms with E-state index in [1.54, 1.807) is 29.3 Å². The average molecular weight is 555 g/mol. The van der Waals surface area contributed by atoms with E-state index in [1.165, 1.54) is 4.90 Å². The van der Waals surface area contributed by atoms with Gasteiger partial charge in [-0.15, -0.1) is 0 Å². The predicted molar refractivity (Wildman–Crippen MR) is 152 cm³/mol. The number of nitrogens with zero attached hydrogens (tertiary/aromatic N) is 2. The summed E-state index contributed by atoms with van der Waals surface area (Å²) in [5, 5.41) is 2.10. The Labute approximate surface area is 237 Å². The lowest BCUT2D eigenvalue weighted by molar-refractivity contribution is -0.126. The maximum Gasteiger partial charge on any atom is 0.266 e. The van der Waals surface area contributed by atoms with Crippen molar-refractivity contribution in [2.75, 3.05) is 16.6 Å².